The zero-order valence-electron chi connectivity index (χ0n) is 11.3. The van der Waals surface area contributed by atoms with Gasteiger partial charge in [0, 0.05) is 13.1 Å². The fraction of sp³-hybridized carbons (Fsp3) is 0.308. The molecule has 1 aromatic carbocycles. The van der Waals surface area contributed by atoms with Gasteiger partial charge in [-0.1, -0.05) is 37.3 Å². The van der Waals surface area contributed by atoms with Gasteiger partial charge in [-0.3, -0.25) is 5.10 Å². The standard InChI is InChI=1S/C13H18N4O2S/c1-2-8-17(10-11-6-4-3-5-7-11)20(18,19)12-9-15-16-13(12)14/h3-7,9H,2,8,10H2,1H3,(H3,14,15,16). The zero-order chi connectivity index (χ0) is 14.6. The Morgan fingerprint density at radius 2 is 2.00 bits per heavy atom. The largest absolute Gasteiger partial charge is 0.383 e. The molecule has 0 saturated carbocycles. The van der Waals surface area contributed by atoms with Crippen LogP contribution in [0.3, 0.4) is 0 Å². The van der Waals surface area contributed by atoms with Gasteiger partial charge in [0.2, 0.25) is 10.0 Å². The molecule has 7 heteroatoms. The molecule has 2 rings (SSSR count). The number of nitrogen functional groups attached to an aromatic ring is 1. The van der Waals surface area contributed by atoms with Gasteiger partial charge < -0.3 is 5.73 Å². The molecule has 2 aromatic rings. The maximum absolute atomic E-state index is 12.6. The summed E-state index contributed by atoms with van der Waals surface area (Å²) < 4.78 is 26.6. The van der Waals surface area contributed by atoms with Crippen LogP contribution in [0, 0.1) is 0 Å². The van der Waals surface area contributed by atoms with Crippen molar-refractivity contribution in [3.63, 3.8) is 0 Å². The third-order valence-electron chi connectivity index (χ3n) is 2.92. The maximum atomic E-state index is 12.6. The third-order valence-corrected chi connectivity index (χ3v) is 4.80. The minimum atomic E-state index is -3.63. The molecular formula is C13H18N4O2S. The molecule has 0 radical (unpaired) electrons. The van der Waals surface area contributed by atoms with E-state index in [-0.39, 0.29) is 10.7 Å². The lowest BCUT2D eigenvalue weighted by molar-refractivity contribution is 0.406. The van der Waals surface area contributed by atoms with Gasteiger partial charge in [-0.25, -0.2) is 8.42 Å². The monoisotopic (exact) mass is 294 g/mol. The lowest BCUT2D eigenvalue weighted by Crippen LogP contribution is -2.31. The van der Waals surface area contributed by atoms with Gasteiger partial charge in [-0.15, -0.1) is 0 Å². The fourth-order valence-corrected chi connectivity index (χ4v) is 3.48. The number of benzene rings is 1. The minimum absolute atomic E-state index is 0.0295. The second-order valence-electron chi connectivity index (χ2n) is 4.47. The molecule has 3 N–H and O–H groups in total. The quantitative estimate of drug-likeness (QED) is 0.846. The third kappa shape index (κ3) is 3.00. The van der Waals surface area contributed by atoms with Crippen LogP contribution < -0.4 is 5.73 Å². The molecule has 0 saturated heterocycles. The van der Waals surface area contributed by atoms with Crippen molar-refractivity contribution < 1.29 is 8.42 Å². The van der Waals surface area contributed by atoms with Gasteiger partial charge in [0.15, 0.2) is 0 Å². The Kier molecular flexibility index (Phi) is 4.41. The number of H-pyrrole nitrogens is 1. The Bertz CT molecular complexity index is 652. The second kappa shape index (κ2) is 6.06. The van der Waals surface area contributed by atoms with E-state index in [1.165, 1.54) is 10.5 Å². The first-order valence-electron chi connectivity index (χ1n) is 6.38. The van der Waals surface area contributed by atoms with Crippen LogP contribution in [0.2, 0.25) is 0 Å². The van der Waals surface area contributed by atoms with Crippen molar-refractivity contribution in [2.75, 3.05) is 12.3 Å². The number of nitrogens with two attached hydrogens (primary N) is 1. The van der Waals surface area contributed by atoms with E-state index in [9.17, 15) is 8.42 Å². The normalized spacial score (nSPS) is 11.9. The lowest BCUT2D eigenvalue weighted by atomic mass is 10.2. The second-order valence-corrected chi connectivity index (χ2v) is 6.38. The highest BCUT2D eigenvalue weighted by Gasteiger charge is 2.27. The van der Waals surface area contributed by atoms with E-state index >= 15 is 0 Å². The topological polar surface area (TPSA) is 92.1 Å². The van der Waals surface area contributed by atoms with E-state index in [0.717, 1.165) is 12.0 Å². The molecule has 0 aliphatic heterocycles. The summed E-state index contributed by atoms with van der Waals surface area (Å²) in [6, 6.07) is 9.47. The molecule has 0 aliphatic carbocycles. The predicted octanol–water partition coefficient (Wildman–Crippen LogP) is 1.59. The lowest BCUT2D eigenvalue weighted by Gasteiger charge is -2.21. The van der Waals surface area contributed by atoms with Crippen molar-refractivity contribution in [3.8, 4) is 0 Å². The predicted molar refractivity (Wildman–Crippen MR) is 77.3 cm³/mol. The van der Waals surface area contributed by atoms with Gasteiger partial charge in [-0.05, 0) is 12.0 Å². The Labute approximate surface area is 118 Å². The first-order chi connectivity index (χ1) is 9.55. The summed E-state index contributed by atoms with van der Waals surface area (Å²) in [5, 5.41) is 6.14. The molecule has 0 spiro atoms. The Hall–Kier alpha value is -1.86. The summed E-state index contributed by atoms with van der Waals surface area (Å²) in [6.45, 7) is 2.69. The summed E-state index contributed by atoms with van der Waals surface area (Å²) in [4.78, 5) is 0.0295. The van der Waals surface area contributed by atoms with Crippen LogP contribution in [0.5, 0.6) is 0 Å². The Morgan fingerprint density at radius 3 is 2.55 bits per heavy atom. The molecule has 0 atom stereocenters. The molecule has 108 valence electrons. The first-order valence-corrected chi connectivity index (χ1v) is 7.82. The van der Waals surface area contributed by atoms with Crippen molar-refractivity contribution in [3.05, 3.63) is 42.1 Å². The molecule has 0 amide bonds. The van der Waals surface area contributed by atoms with Crippen LogP contribution in [-0.4, -0.2) is 29.5 Å². The zero-order valence-corrected chi connectivity index (χ0v) is 12.1. The van der Waals surface area contributed by atoms with Crippen LogP contribution in [0.4, 0.5) is 5.82 Å². The number of hydrogen-bond acceptors (Lipinski definition) is 4. The molecule has 1 heterocycles. The van der Waals surface area contributed by atoms with Gasteiger partial charge in [-0.2, -0.15) is 9.40 Å². The summed E-state index contributed by atoms with van der Waals surface area (Å²) in [6.07, 6.45) is 1.97. The van der Waals surface area contributed by atoms with Crippen LogP contribution >= 0.6 is 0 Å². The van der Waals surface area contributed by atoms with Crippen LogP contribution in [0.25, 0.3) is 0 Å². The Balaban J connectivity index is 2.31. The average Bonchev–Trinajstić information content (AvgIpc) is 2.86. The van der Waals surface area contributed by atoms with E-state index < -0.39 is 10.0 Å². The van der Waals surface area contributed by atoms with Crippen LogP contribution in [0.1, 0.15) is 18.9 Å². The van der Waals surface area contributed by atoms with E-state index in [1.54, 1.807) is 0 Å². The van der Waals surface area contributed by atoms with E-state index in [2.05, 4.69) is 10.2 Å². The highest BCUT2D eigenvalue weighted by molar-refractivity contribution is 7.89. The first kappa shape index (κ1) is 14.5. The number of nitrogens with zero attached hydrogens (tertiary/aromatic N) is 2. The van der Waals surface area contributed by atoms with E-state index in [0.29, 0.717) is 13.1 Å². The van der Waals surface area contributed by atoms with Crippen molar-refractivity contribution >= 4 is 15.8 Å². The molecular weight excluding hydrogens is 276 g/mol. The smallest absolute Gasteiger partial charge is 0.248 e. The summed E-state index contributed by atoms with van der Waals surface area (Å²) in [7, 11) is -3.63. The van der Waals surface area contributed by atoms with E-state index in [4.69, 9.17) is 5.73 Å². The molecule has 0 bridgehead atoms. The molecule has 0 aliphatic rings. The number of aromatic amines is 1. The van der Waals surface area contributed by atoms with Crippen molar-refractivity contribution in [2.45, 2.75) is 24.8 Å². The average molecular weight is 294 g/mol. The SMILES string of the molecule is CCCN(Cc1ccccc1)S(=O)(=O)c1cn[nH]c1N. The minimum Gasteiger partial charge on any atom is -0.383 e. The molecule has 1 aromatic heterocycles. The number of sulfonamides is 1. The Morgan fingerprint density at radius 1 is 1.30 bits per heavy atom. The molecule has 0 fully saturated rings. The van der Waals surface area contributed by atoms with Crippen molar-refractivity contribution in [1.82, 2.24) is 14.5 Å². The molecule has 20 heavy (non-hydrogen) atoms. The van der Waals surface area contributed by atoms with Crippen LogP contribution in [0.15, 0.2) is 41.4 Å². The summed E-state index contributed by atoms with van der Waals surface area (Å²) in [5.41, 5.74) is 6.57. The van der Waals surface area contributed by atoms with Gasteiger partial charge in [0.05, 0.1) is 6.20 Å². The van der Waals surface area contributed by atoms with Gasteiger partial charge in [0.25, 0.3) is 0 Å². The number of aromatic nitrogens is 2. The number of nitrogens with one attached hydrogen (secondary N) is 1. The van der Waals surface area contributed by atoms with Gasteiger partial charge in [0.1, 0.15) is 10.7 Å². The molecule has 6 nitrogen and oxygen atoms in total. The van der Waals surface area contributed by atoms with Crippen molar-refractivity contribution in [1.29, 1.82) is 0 Å². The highest BCUT2D eigenvalue weighted by Crippen LogP contribution is 2.21. The number of hydrogen-bond donors (Lipinski definition) is 2. The highest BCUT2D eigenvalue weighted by atomic mass is 32.2. The maximum Gasteiger partial charge on any atom is 0.248 e. The van der Waals surface area contributed by atoms with Crippen molar-refractivity contribution in [2.24, 2.45) is 0 Å². The summed E-state index contributed by atoms with van der Waals surface area (Å²) in [5.74, 6) is 0.0687. The number of rotatable bonds is 6. The van der Waals surface area contributed by atoms with Crippen LogP contribution in [-0.2, 0) is 16.6 Å². The summed E-state index contributed by atoms with van der Waals surface area (Å²) >= 11 is 0. The molecule has 0 unspecified atom stereocenters. The van der Waals surface area contributed by atoms with Gasteiger partial charge >= 0.3 is 0 Å². The fourth-order valence-electron chi connectivity index (χ4n) is 1.95. The van der Waals surface area contributed by atoms with E-state index in [1.807, 2.05) is 37.3 Å². The number of anilines is 1.